The first-order valence-electron chi connectivity index (χ1n) is 11.1. The molecule has 0 aliphatic carbocycles. The van der Waals surface area contributed by atoms with Crippen LogP contribution in [0.3, 0.4) is 0 Å². The molecule has 4 rings (SSSR count). The number of amides is 1. The normalized spacial score (nSPS) is 16.9. The highest BCUT2D eigenvalue weighted by molar-refractivity contribution is 6.46. The minimum absolute atomic E-state index is 0.0300. The van der Waals surface area contributed by atoms with Crippen molar-refractivity contribution in [3.63, 3.8) is 0 Å². The Kier molecular flexibility index (Phi) is 7.43. The van der Waals surface area contributed by atoms with Crippen molar-refractivity contribution in [3.8, 4) is 17.2 Å². The third-order valence-corrected chi connectivity index (χ3v) is 6.60. The lowest BCUT2D eigenvalue weighted by atomic mass is 9.94. The Bertz CT molecular complexity index is 1370. The molecule has 0 saturated carbocycles. The van der Waals surface area contributed by atoms with Gasteiger partial charge in [0.1, 0.15) is 11.5 Å². The average Bonchev–Trinajstić information content (AvgIpc) is 3.12. The van der Waals surface area contributed by atoms with Gasteiger partial charge in [-0.05, 0) is 48.9 Å². The van der Waals surface area contributed by atoms with E-state index >= 15 is 0 Å². The first-order chi connectivity index (χ1) is 17.3. The summed E-state index contributed by atoms with van der Waals surface area (Å²) in [6.45, 7) is 2.09. The molecule has 0 spiro atoms. The van der Waals surface area contributed by atoms with Crippen LogP contribution in [0, 0.1) is 0 Å². The number of halogens is 2. The number of phenols is 1. The number of nitrogens with zero attached hydrogens (tertiary/aromatic N) is 1. The highest BCUT2D eigenvalue weighted by Crippen LogP contribution is 2.43. The zero-order valence-corrected chi connectivity index (χ0v) is 21.0. The molecule has 0 aromatic heterocycles. The van der Waals surface area contributed by atoms with Gasteiger partial charge in [0.05, 0.1) is 41.9 Å². The molecule has 1 aliphatic heterocycles. The molecule has 1 fully saturated rings. The SMILES string of the molecule is CCOc1cc(C2/C(=C(/O)c3ccc(Cl)c(Cl)c3)C(=O)C(=O)N2Cc2ccccc2OC)ccc1O. The summed E-state index contributed by atoms with van der Waals surface area (Å²) >= 11 is 12.2. The van der Waals surface area contributed by atoms with Crippen LogP contribution in [0.2, 0.25) is 10.0 Å². The van der Waals surface area contributed by atoms with E-state index in [4.69, 9.17) is 32.7 Å². The van der Waals surface area contributed by atoms with Crippen LogP contribution in [0.5, 0.6) is 17.2 Å². The number of aromatic hydroxyl groups is 1. The lowest BCUT2D eigenvalue weighted by molar-refractivity contribution is -0.140. The van der Waals surface area contributed by atoms with Gasteiger partial charge >= 0.3 is 0 Å². The number of phenolic OH excluding ortho intramolecular Hbond substituents is 1. The van der Waals surface area contributed by atoms with Gasteiger partial charge in [0.25, 0.3) is 11.7 Å². The number of likely N-dealkylation sites (tertiary alicyclic amines) is 1. The summed E-state index contributed by atoms with van der Waals surface area (Å²) in [6, 6.07) is 15.1. The van der Waals surface area contributed by atoms with Crippen molar-refractivity contribution in [2.75, 3.05) is 13.7 Å². The second kappa shape index (κ2) is 10.5. The fourth-order valence-electron chi connectivity index (χ4n) is 4.18. The van der Waals surface area contributed by atoms with Crippen LogP contribution in [0.25, 0.3) is 5.76 Å². The Morgan fingerprint density at radius 2 is 1.75 bits per heavy atom. The van der Waals surface area contributed by atoms with Gasteiger partial charge in [0, 0.05) is 11.1 Å². The van der Waals surface area contributed by atoms with E-state index < -0.39 is 23.5 Å². The highest BCUT2D eigenvalue weighted by Gasteiger charge is 2.46. The predicted molar refractivity (Wildman–Crippen MR) is 137 cm³/mol. The molecule has 1 amide bonds. The number of ketones is 1. The van der Waals surface area contributed by atoms with Gasteiger partial charge in [-0.2, -0.15) is 0 Å². The standard InChI is InChI=1S/C27H23Cl2NO6/c1-3-36-22-13-15(9-11-20(22)31)24-23(25(32)16-8-10-18(28)19(29)12-16)26(33)27(34)30(24)14-17-6-4-5-7-21(17)35-2/h4-13,24,31-32H,3,14H2,1-2H3/b25-23-. The van der Waals surface area contributed by atoms with E-state index in [2.05, 4.69) is 0 Å². The number of ether oxygens (including phenoxy) is 2. The van der Waals surface area contributed by atoms with E-state index in [1.807, 2.05) is 0 Å². The van der Waals surface area contributed by atoms with Gasteiger partial charge in [-0.25, -0.2) is 0 Å². The third-order valence-electron chi connectivity index (χ3n) is 5.87. The maximum atomic E-state index is 13.3. The number of hydrogen-bond donors (Lipinski definition) is 2. The molecule has 2 N–H and O–H groups in total. The van der Waals surface area contributed by atoms with E-state index in [9.17, 15) is 19.8 Å². The molecule has 1 heterocycles. The van der Waals surface area contributed by atoms with Crippen LogP contribution < -0.4 is 9.47 Å². The fraction of sp³-hybridized carbons (Fsp3) is 0.185. The number of aliphatic hydroxyl groups is 1. The maximum Gasteiger partial charge on any atom is 0.295 e. The maximum absolute atomic E-state index is 13.3. The van der Waals surface area contributed by atoms with Crippen molar-refractivity contribution >= 4 is 40.7 Å². The van der Waals surface area contributed by atoms with Crippen LogP contribution in [0.15, 0.2) is 66.2 Å². The first kappa shape index (κ1) is 25.4. The summed E-state index contributed by atoms with van der Waals surface area (Å²) in [6.07, 6.45) is 0. The molecule has 3 aromatic rings. The number of Topliss-reactive ketones (excluding diaryl/α,β-unsaturated/α-hetero) is 1. The fourth-order valence-corrected chi connectivity index (χ4v) is 4.48. The molecule has 1 aliphatic rings. The largest absolute Gasteiger partial charge is 0.507 e. The molecule has 0 radical (unpaired) electrons. The van der Waals surface area contributed by atoms with Gasteiger partial charge in [-0.1, -0.05) is 47.5 Å². The van der Waals surface area contributed by atoms with Crippen molar-refractivity contribution in [2.45, 2.75) is 19.5 Å². The van der Waals surface area contributed by atoms with Gasteiger partial charge in [0.2, 0.25) is 0 Å². The summed E-state index contributed by atoms with van der Waals surface area (Å²) in [5.41, 5.74) is 1.24. The molecular formula is C27H23Cl2NO6. The zero-order valence-electron chi connectivity index (χ0n) is 19.5. The average molecular weight is 528 g/mol. The van der Waals surface area contributed by atoms with E-state index in [1.165, 1.54) is 36.3 Å². The summed E-state index contributed by atoms with van der Waals surface area (Å²) in [7, 11) is 1.52. The van der Waals surface area contributed by atoms with Crippen LogP contribution in [0.1, 0.15) is 29.7 Å². The van der Waals surface area contributed by atoms with Gasteiger partial charge in [-0.15, -0.1) is 0 Å². The molecular weight excluding hydrogens is 505 g/mol. The van der Waals surface area contributed by atoms with Crippen LogP contribution in [-0.4, -0.2) is 40.5 Å². The number of carbonyl (C=O) groups is 2. The molecule has 1 saturated heterocycles. The number of para-hydroxylation sites is 1. The Morgan fingerprint density at radius 1 is 1.00 bits per heavy atom. The Morgan fingerprint density at radius 3 is 2.44 bits per heavy atom. The Balaban J connectivity index is 1.91. The molecule has 186 valence electrons. The quantitative estimate of drug-likeness (QED) is 0.231. The van der Waals surface area contributed by atoms with Crippen LogP contribution in [0.4, 0.5) is 0 Å². The van der Waals surface area contributed by atoms with Crippen molar-refractivity contribution in [2.24, 2.45) is 0 Å². The summed E-state index contributed by atoms with van der Waals surface area (Å²) in [5.74, 6) is -1.41. The molecule has 1 atom stereocenters. The van der Waals surface area contributed by atoms with E-state index in [1.54, 1.807) is 43.3 Å². The lowest BCUT2D eigenvalue weighted by Crippen LogP contribution is -2.29. The number of methoxy groups -OCH3 is 1. The second-order valence-electron chi connectivity index (χ2n) is 8.03. The summed E-state index contributed by atoms with van der Waals surface area (Å²) in [5, 5.41) is 21.9. The van der Waals surface area contributed by atoms with E-state index in [0.717, 1.165) is 0 Å². The van der Waals surface area contributed by atoms with Crippen molar-refractivity contribution < 1.29 is 29.3 Å². The molecule has 1 unspecified atom stereocenters. The molecule has 36 heavy (non-hydrogen) atoms. The number of rotatable bonds is 7. The number of aliphatic hydroxyl groups excluding tert-OH is 1. The van der Waals surface area contributed by atoms with Crippen molar-refractivity contribution in [1.82, 2.24) is 4.90 Å². The van der Waals surface area contributed by atoms with Gasteiger partial charge in [0.15, 0.2) is 11.5 Å². The topological polar surface area (TPSA) is 96.3 Å². The zero-order chi connectivity index (χ0) is 26.0. The lowest BCUT2D eigenvalue weighted by Gasteiger charge is -2.26. The Hall–Kier alpha value is -3.68. The van der Waals surface area contributed by atoms with Crippen LogP contribution in [-0.2, 0) is 16.1 Å². The molecule has 7 nitrogen and oxygen atoms in total. The number of hydrogen-bond acceptors (Lipinski definition) is 6. The van der Waals surface area contributed by atoms with Gasteiger partial charge < -0.3 is 24.6 Å². The number of benzene rings is 3. The third kappa shape index (κ3) is 4.72. The van der Waals surface area contributed by atoms with Crippen molar-refractivity contribution in [3.05, 3.63) is 93.0 Å². The van der Waals surface area contributed by atoms with Crippen molar-refractivity contribution in [1.29, 1.82) is 0 Å². The number of carbonyl (C=O) groups excluding carboxylic acids is 2. The molecule has 3 aromatic carbocycles. The summed E-state index contributed by atoms with van der Waals surface area (Å²) in [4.78, 5) is 28.0. The Labute approximate surface area is 218 Å². The second-order valence-corrected chi connectivity index (χ2v) is 8.84. The monoisotopic (exact) mass is 527 g/mol. The van der Waals surface area contributed by atoms with E-state index in [-0.39, 0.29) is 39.2 Å². The smallest absolute Gasteiger partial charge is 0.295 e. The van der Waals surface area contributed by atoms with E-state index in [0.29, 0.717) is 23.5 Å². The highest BCUT2D eigenvalue weighted by atomic mass is 35.5. The minimum Gasteiger partial charge on any atom is -0.507 e. The predicted octanol–water partition coefficient (Wildman–Crippen LogP) is 5.73. The van der Waals surface area contributed by atoms with Gasteiger partial charge in [-0.3, -0.25) is 9.59 Å². The minimum atomic E-state index is -0.982. The first-order valence-corrected chi connectivity index (χ1v) is 11.8. The van der Waals surface area contributed by atoms with Crippen LogP contribution >= 0.6 is 23.2 Å². The molecule has 0 bridgehead atoms. The molecule has 9 heteroatoms. The summed E-state index contributed by atoms with van der Waals surface area (Å²) < 4.78 is 10.9.